The first-order valence-corrected chi connectivity index (χ1v) is 12.1. The van der Waals surface area contributed by atoms with Crippen LogP contribution in [0.5, 0.6) is 0 Å². The molecule has 0 saturated heterocycles. The van der Waals surface area contributed by atoms with Gasteiger partial charge in [-0.2, -0.15) is 8.78 Å². The zero-order valence-corrected chi connectivity index (χ0v) is 21.9. The highest BCUT2D eigenvalue weighted by Crippen LogP contribution is 2.38. The van der Waals surface area contributed by atoms with E-state index in [2.05, 4.69) is 30.7 Å². The van der Waals surface area contributed by atoms with E-state index in [1.165, 1.54) is 19.1 Å². The minimum absolute atomic E-state index is 0.0126. The molecule has 3 N–H and O–H groups in total. The summed E-state index contributed by atoms with van der Waals surface area (Å²) in [6, 6.07) is 4.65. The van der Waals surface area contributed by atoms with Crippen molar-refractivity contribution in [3.63, 3.8) is 0 Å². The van der Waals surface area contributed by atoms with Crippen molar-refractivity contribution >= 4 is 24.0 Å². The molecule has 0 aliphatic heterocycles. The number of carbonyl (C=O) groups is 3. The Morgan fingerprint density at radius 1 is 1.16 bits per heavy atom. The average molecular weight is 528 g/mol. The highest BCUT2D eigenvalue weighted by Gasteiger charge is 2.33. The van der Waals surface area contributed by atoms with Crippen LogP contribution in [-0.4, -0.2) is 48.3 Å². The predicted octanol–water partition coefficient (Wildman–Crippen LogP) is 4.12. The van der Waals surface area contributed by atoms with E-state index in [4.69, 9.17) is 0 Å². The van der Waals surface area contributed by atoms with Gasteiger partial charge in [-0.3, -0.25) is 14.4 Å². The minimum Gasteiger partial charge on any atom is -0.440 e. The molecule has 0 bridgehead atoms. The van der Waals surface area contributed by atoms with Crippen LogP contribution in [0.25, 0.3) is 0 Å². The van der Waals surface area contributed by atoms with Gasteiger partial charge in [0.2, 0.25) is 5.95 Å². The van der Waals surface area contributed by atoms with Gasteiger partial charge in [0.1, 0.15) is 17.7 Å². The van der Waals surface area contributed by atoms with Crippen LogP contribution in [-0.2, 0) is 11.2 Å². The highest BCUT2D eigenvalue weighted by molar-refractivity contribution is 5.98. The molecule has 1 aliphatic carbocycles. The van der Waals surface area contributed by atoms with Gasteiger partial charge in [-0.1, -0.05) is 30.7 Å². The monoisotopic (exact) mass is 527 g/mol. The molecule has 0 spiro atoms. The number of halogens is 2. The van der Waals surface area contributed by atoms with Gasteiger partial charge < -0.3 is 20.7 Å². The third-order valence-corrected chi connectivity index (χ3v) is 6.34. The van der Waals surface area contributed by atoms with Crippen molar-refractivity contribution in [1.82, 2.24) is 20.6 Å². The van der Waals surface area contributed by atoms with Crippen LogP contribution in [0, 0.1) is 12.8 Å². The number of rotatable bonds is 10. The first-order chi connectivity index (χ1) is 18.0. The zero-order chi connectivity index (χ0) is 28.0. The molecule has 202 valence electrons. The molecule has 3 rings (SSSR count). The topological polar surface area (TPSA) is 122 Å². The fourth-order valence-electron chi connectivity index (χ4n) is 4.27. The van der Waals surface area contributed by atoms with Crippen LogP contribution in [0.15, 0.2) is 41.7 Å². The van der Waals surface area contributed by atoms with Crippen LogP contribution in [0.2, 0.25) is 0 Å². The third-order valence-electron chi connectivity index (χ3n) is 6.34. The maximum Gasteiger partial charge on any atom is 0.387 e. The van der Waals surface area contributed by atoms with Crippen molar-refractivity contribution in [3.8, 4) is 0 Å². The molecule has 2 aromatic rings. The Morgan fingerprint density at radius 2 is 1.84 bits per heavy atom. The predicted molar refractivity (Wildman–Crippen MR) is 138 cm³/mol. The Bertz CT molecular complexity index is 1290. The number of fused-ring (bicyclic) bond motifs is 1. The molecule has 11 heteroatoms. The van der Waals surface area contributed by atoms with E-state index in [1.807, 2.05) is 19.9 Å². The summed E-state index contributed by atoms with van der Waals surface area (Å²) in [7, 11) is 1.57. The molecule has 1 aromatic carbocycles. The fourth-order valence-corrected chi connectivity index (χ4v) is 4.27. The second-order valence-corrected chi connectivity index (χ2v) is 9.16. The summed E-state index contributed by atoms with van der Waals surface area (Å²) >= 11 is 0. The lowest BCUT2D eigenvalue weighted by molar-refractivity contribution is -0.0953. The molecular formula is C27H31F2N5O4. The minimum atomic E-state index is -2.91. The maximum atomic E-state index is 13.2. The van der Waals surface area contributed by atoms with Gasteiger partial charge in [-0.15, -0.1) is 0 Å². The number of ether oxygens (including phenoxy) is 1. The number of hydrogen-bond donors (Lipinski definition) is 3. The second kappa shape index (κ2) is 12.4. The lowest BCUT2D eigenvalue weighted by Crippen LogP contribution is -2.32. The van der Waals surface area contributed by atoms with Crippen molar-refractivity contribution in [2.24, 2.45) is 5.92 Å². The first-order valence-electron chi connectivity index (χ1n) is 12.1. The Balaban J connectivity index is 1.74. The molecule has 0 fully saturated rings. The molecule has 1 heterocycles. The SMILES string of the molecule is CNc1nc(C(=O)NC/C(C)=C/C=C(\C)OC(F)F)cc(C(=O)NC2c3ccc(C=O)c(C)c3CC2C)n1. The van der Waals surface area contributed by atoms with Crippen LogP contribution in [0.1, 0.15) is 74.8 Å². The van der Waals surface area contributed by atoms with Crippen molar-refractivity contribution in [2.45, 2.75) is 46.8 Å². The highest BCUT2D eigenvalue weighted by atomic mass is 19.3. The molecule has 9 nitrogen and oxygen atoms in total. The smallest absolute Gasteiger partial charge is 0.387 e. The van der Waals surface area contributed by atoms with E-state index in [0.29, 0.717) is 11.1 Å². The molecule has 0 saturated carbocycles. The van der Waals surface area contributed by atoms with E-state index in [-0.39, 0.29) is 41.6 Å². The summed E-state index contributed by atoms with van der Waals surface area (Å²) in [6.45, 7) is 4.25. The number of aromatic nitrogens is 2. The van der Waals surface area contributed by atoms with Crippen LogP contribution in [0.4, 0.5) is 14.7 Å². The lowest BCUT2D eigenvalue weighted by atomic mass is 9.98. The van der Waals surface area contributed by atoms with E-state index in [1.54, 1.807) is 26.1 Å². The van der Waals surface area contributed by atoms with Gasteiger partial charge in [0.25, 0.3) is 11.8 Å². The summed E-state index contributed by atoms with van der Waals surface area (Å²) in [5.41, 5.74) is 4.24. The number of carbonyl (C=O) groups excluding carboxylic acids is 3. The number of nitrogens with one attached hydrogen (secondary N) is 3. The molecule has 2 atom stereocenters. The lowest BCUT2D eigenvalue weighted by Gasteiger charge is -2.19. The molecule has 2 amide bonds. The first kappa shape index (κ1) is 28.4. The van der Waals surface area contributed by atoms with E-state index in [9.17, 15) is 23.2 Å². The number of alkyl halides is 2. The Kier molecular flexibility index (Phi) is 9.27. The van der Waals surface area contributed by atoms with E-state index in [0.717, 1.165) is 29.4 Å². The van der Waals surface area contributed by atoms with Gasteiger partial charge in [-0.05, 0) is 55.9 Å². The van der Waals surface area contributed by atoms with Gasteiger partial charge in [-0.25, -0.2) is 9.97 Å². The Morgan fingerprint density at radius 3 is 2.47 bits per heavy atom. The summed E-state index contributed by atoms with van der Waals surface area (Å²) in [6.07, 6.45) is 4.48. The maximum absolute atomic E-state index is 13.2. The normalized spacial score (nSPS) is 17.2. The van der Waals surface area contributed by atoms with Gasteiger partial charge >= 0.3 is 6.61 Å². The van der Waals surface area contributed by atoms with Gasteiger partial charge in [0.05, 0.1) is 11.8 Å². The number of aldehydes is 1. The standard InChI is InChI=1S/C27H31F2N5O4/c1-14(6-7-16(3)38-26(28)29)12-31-24(36)21-11-22(33-27(30-5)32-21)25(37)34-23-15(2)10-20-17(4)18(13-35)8-9-19(20)23/h6-9,11,13,15,23,26H,10,12H2,1-5H3,(H,31,36)(H,34,37)(H,30,32,33)/b14-6+,16-7+. The van der Waals surface area contributed by atoms with E-state index >= 15 is 0 Å². The molecule has 2 unspecified atom stereocenters. The summed E-state index contributed by atoms with van der Waals surface area (Å²) in [4.78, 5) is 45.7. The second-order valence-electron chi connectivity index (χ2n) is 9.16. The van der Waals surface area contributed by atoms with Crippen LogP contribution < -0.4 is 16.0 Å². The van der Waals surface area contributed by atoms with Gasteiger partial charge in [0.15, 0.2) is 0 Å². The molecule has 1 aliphatic rings. The van der Waals surface area contributed by atoms with Gasteiger partial charge in [0, 0.05) is 25.2 Å². The molecule has 0 radical (unpaired) electrons. The number of benzene rings is 1. The summed E-state index contributed by atoms with van der Waals surface area (Å²) in [5.74, 6) is -0.762. The van der Waals surface area contributed by atoms with Crippen molar-refractivity contribution in [2.75, 3.05) is 18.9 Å². The largest absolute Gasteiger partial charge is 0.440 e. The van der Waals surface area contributed by atoms with Crippen molar-refractivity contribution in [1.29, 1.82) is 0 Å². The molecule has 38 heavy (non-hydrogen) atoms. The number of amides is 2. The van der Waals surface area contributed by atoms with Crippen LogP contribution in [0.3, 0.4) is 0 Å². The summed E-state index contributed by atoms with van der Waals surface area (Å²) in [5, 5.41) is 8.46. The number of nitrogens with zero attached hydrogens (tertiary/aromatic N) is 2. The third kappa shape index (κ3) is 6.78. The van der Waals surface area contributed by atoms with Crippen molar-refractivity contribution < 1.29 is 27.9 Å². The fraction of sp³-hybridized carbons (Fsp3) is 0.370. The quantitative estimate of drug-likeness (QED) is 0.241. The molecular weight excluding hydrogens is 496 g/mol. The summed E-state index contributed by atoms with van der Waals surface area (Å²) < 4.78 is 28.8. The van der Waals surface area contributed by atoms with Crippen LogP contribution >= 0.6 is 0 Å². The Labute approximate surface area is 219 Å². The number of allylic oxidation sites excluding steroid dienone is 3. The average Bonchev–Trinajstić information content (AvgIpc) is 3.21. The Hall–Kier alpha value is -4.15. The van der Waals surface area contributed by atoms with E-state index < -0.39 is 18.4 Å². The number of anilines is 1. The molecule has 1 aromatic heterocycles. The number of hydrogen-bond acceptors (Lipinski definition) is 7. The van der Waals surface area contributed by atoms with Crippen molar-refractivity contribution in [3.05, 3.63) is 75.3 Å². The zero-order valence-electron chi connectivity index (χ0n) is 21.9.